The second-order valence-corrected chi connectivity index (χ2v) is 25.6. The Kier molecular flexibility index (Phi) is 70.4. The molecule has 2 atom stereocenters. The highest BCUT2D eigenvalue weighted by Gasteiger charge is 2.20. The summed E-state index contributed by atoms with van der Waals surface area (Å²) >= 11 is 0. The van der Waals surface area contributed by atoms with Crippen LogP contribution in [0.3, 0.4) is 0 Å². The first-order valence-electron chi connectivity index (χ1n) is 37.4. The molecule has 0 fully saturated rings. The van der Waals surface area contributed by atoms with Crippen molar-refractivity contribution in [3.63, 3.8) is 0 Å². The van der Waals surface area contributed by atoms with Gasteiger partial charge in [-0.3, -0.25) is 9.59 Å². The van der Waals surface area contributed by atoms with E-state index in [4.69, 9.17) is 4.74 Å². The van der Waals surface area contributed by atoms with Gasteiger partial charge in [0.2, 0.25) is 5.91 Å². The van der Waals surface area contributed by atoms with Crippen molar-refractivity contribution in [3.8, 4) is 0 Å². The third-order valence-electron chi connectivity index (χ3n) is 17.4. The number of hydrogen-bond acceptors (Lipinski definition) is 5. The average Bonchev–Trinajstić information content (AvgIpc) is 3.49. The van der Waals surface area contributed by atoms with Crippen molar-refractivity contribution in [1.82, 2.24) is 5.32 Å². The van der Waals surface area contributed by atoms with Crippen LogP contribution in [-0.4, -0.2) is 47.4 Å². The minimum absolute atomic E-state index is 0.00331. The molecule has 6 heteroatoms. The molecule has 0 saturated heterocycles. The normalized spacial score (nSPS) is 12.8. The summed E-state index contributed by atoms with van der Waals surface area (Å²) in [6.07, 6.45) is 94.5. The van der Waals surface area contributed by atoms with Gasteiger partial charge in [-0.25, -0.2) is 0 Å². The van der Waals surface area contributed by atoms with Gasteiger partial charge < -0.3 is 20.3 Å². The zero-order valence-electron chi connectivity index (χ0n) is 55.9. The quantitative estimate of drug-likeness (QED) is 0.0320. The van der Waals surface area contributed by atoms with Gasteiger partial charge in [0, 0.05) is 12.8 Å². The Hall–Kier alpha value is -2.18. The third-order valence-corrected chi connectivity index (χ3v) is 17.4. The number of aliphatic hydroxyl groups excluding tert-OH is 2. The highest BCUT2D eigenvalue weighted by Crippen LogP contribution is 2.19. The number of unbranched alkanes of at least 4 members (excludes halogenated alkanes) is 51. The van der Waals surface area contributed by atoms with Crippen molar-refractivity contribution in [3.05, 3.63) is 48.6 Å². The molecule has 0 aromatic carbocycles. The van der Waals surface area contributed by atoms with Crippen molar-refractivity contribution >= 4 is 11.9 Å². The Morgan fingerprint density at radius 1 is 0.337 bits per heavy atom. The molecular weight excluding hydrogens is 1020 g/mol. The number of hydrogen-bond donors (Lipinski definition) is 3. The lowest BCUT2D eigenvalue weighted by atomic mass is 10.0. The molecule has 0 aliphatic carbocycles. The molecule has 1 amide bonds. The lowest BCUT2D eigenvalue weighted by Gasteiger charge is -2.22. The molecule has 0 aliphatic heterocycles. The zero-order valence-corrected chi connectivity index (χ0v) is 55.9. The van der Waals surface area contributed by atoms with Crippen molar-refractivity contribution in [2.75, 3.05) is 13.2 Å². The standard InChI is InChI=1S/C77H145NO5/c1-3-5-7-9-11-13-15-17-19-21-22-23-31-34-38-41-45-49-53-57-61-65-69-75(80)74(73-79)78-76(81)70-66-62-58-54-50-46-42-39-35-32-29-27-25-24-26-28-30-33-36-40-44-48-52-56-60-64-68-72-83-77(82)71-67-63-59-55-51-47-43-37-20-18-16-14-12-10-8-6-4-2/h12,14,18,20,24-25,28,30,74-75,79-80H,3-11,13,15-17,19,21-23,26-27,29,31-73H2,1-2H3,(H,78,81)/b14-12-,20-18-,25-24-,30-28-. The lowest BCUT2D eigenvalue weighted by molar-refractivity contribution is -0.143. The first kappa shape index (κ1) is 80.8. The number of carbonyl (C=O) groups excluding carboxylic acids is 2. The molecular formula is C77H145NO5. The van der Waals surface area contributed by atoms with Crippen LogP contribution in [-0.2, 0) is 14.3 Å². The number of carbonyl (C=O) groups is 2. The smallest absolute Gasteiger partial charge is 0.305 e. The molecule has 0 spiro atoms. The maximum Gasteiger partial charge on any atom is 0.305 e. The Bertz CT molecular complexity index is 1390. The van der Waals surface area contributed by atoms with Gasteiger partial charge in [-0.15, -0.1) is 0 Å². The number of allylic oxidation sites excluding steroid dienone is 8. The van der Waals surface area contributed by atoms with Crippen molar-refractivity contribution in [2.24, 2.45) is 0 Å². The predicted molar refractivity (Wildman–Crippen MR) is 366 cm³/mol. The molecule has 83 heavy (non-hydrogen) atoms. The van der Waals surface area contributed by atoms with E-state index in [0.717, 1.165) is 57.8 Å². The van der Waals surface area contributed by atoms with Crippen LogP contribution in [0.5, 0.6) is 0 Å². The largest absolute Gasteiger partial charge is 0.466 e. The number of aliphatic hydroxyl groups is 2. The second-order valence-electron chi connectivity index (χ2n) is 25.6. The summed E-state index contributed by atoms with van der Waals surface area (Å²) in [5.41, 5.74) is 0. The first-order chi connectivity index (χ1) is 41.0. The van der Waals surface area contributed by atoms with Crippen LogP contribution in [0.2, 0.25) is 0 Å². The minimum atomic E-state index is -0.669. The highest BCUT2D eigenvalue weighted by atomic mass is 16.5. The van der Waals surface area contributed by atoms with Crippen LogP contribution in [0.15, 0.2) is 48.6 Å². The molecule has 0 radical (unpaired) electrons. The van der Waals surface area contributed by atoms with Gasteiger partial charge in [-0.2, -0.15) is 0 Å². The molecule has 0 aliphatic rings. The third kappa shape index (κ3) is 68.8. The van der Waals surface area contributed by atoms with E-state index in [1.165, 1.54) is 315 Å². The number of nitrogens with one attached hydrogen (secondary N) is 1. The maximum atomic E-state index is 12.6. The van der Waals surface area contributed by atoms with Gasteiger partial charge in [0.05, 0.1) is 25.4 Å². The van der Waals surface area contributed by atoms with Gasteiger partial charge in [0.15, 0.2) is 0 Å². The number of amides is 1. The monoisotopic (exact) mass is 1160 g/mol. The van der Waals surface area contributed by atoms with E-state index in [1.807, 2.05) is 0 Å². The fraction of sp³-hybridized carbons (Fsp3) is 0.870. The van der Waals surface area contributed by atoms with Crippen LogP contribution < -0.4 is 5.32 Å². The second kappa shape index (κ2) is 72.3. The summed E-state index contributed by atoms with van der Waals surface area (Å²) < 4.78 is 5.49. The highest BCUT2D eigenvalue weighted by molar-refractivity contribution is 5.76. The van der Waals surface area contributed by atoms with Gasteiger partial charge in [-0.1, -0.05) is 351 Å². The molecule has 0 heterocycles. The molecule has 6 nitrogen and oxygen atoms in total. The van der Waals surface area contributed by atoms with Crippen LogP contribution in [0.25, 0.3) is 0 Å². The van der Waals surface area contributed by atoms with E-state index in [1.54, 1.807) is 0 Å². The molecule has 0 saturated carbocycles. The zero-order chi connectivity index (χ0) is 59.9. The van der Waals surface area contributed by atoms with Crippen molar-refractivity contribution < 1.29 is 24.5 Å². The van der Waals surface area contributed by atoms with Gasteiger partial charge in [0.25, 0.3) is 0 Å². The summed E-state index contributed by atoms with van der Waals surface area (Å²) in [5.74, 6) is -0.0309. The minimum Gasteiger partial charge on any atom is -0.466 e. The number of esters is 1. The van der Waals surface area contributed by atoms with Crippen LogP contribution >= 0.6 is 0 Å². The summed E-state index contributed by atoms with van der Waals surface area (Å²) in [6.45, 7) is 4.96. The van der Waals surface area contributed by atoms with Gasteiger partial charge >= 0.3 is 5.97 Å². The summed E-state index contributed by atoms with van der Waals surface area (Å²) in [5, 5.41) is 23.4. The van der Waals surface area contributed by atoms with E-state index >= 15 is 0 Å². The fourth-order valence-corrected chi connectivity index (χ4v) is 11.6. The lowest BCUT2D eigenvalue weighted by Crippen LogP contribution is -2.45. The van der Waals surface area contributed by atoms with E-state index in [9.17, 15) is 19.8 Å². The molecule has 488 valence electrons. The summed E-state index contributed by atoms with van der Waals surface area (Å²) in [6, 6.07) is -0.546. The Labute approximate surface area is 518 Å². The summed E-state index contributed by atoms with van der Waals surface area (Å²) in [4.78, 5) is 24.7. The van der Waals surface area contributed by atoms with Gasteiger partial charge in [-0.05, 0) is 89.9 Å². The van der Waals surface area contributed by atoms with Crippen LogP contribution in [0.1, 0.15) is 406 Å². The maximum absolute atomic E-state index is 12.6. The molecule has 0 aromatic heterocycles. The first-order valence-corrected chi connectivity index (χ1v) is 37.4. The van der Waals surface area contributed by atoms with E-state index in [0.29, 0.717) is 25.9 Å². The van der Waals surface area contributed by atoms with E-state index in [2.05, 4.69) is 67.8 Å². The molecule has 3 N–H and O–H groups in total. The number of rotatable bonds is 70. The van der Waals surface area contributed by atoms with E-state index in [-0.39, 0.29) is 18.5 Å². The topological polar surface area (TPSA) is 95.9 Å². The van der Waals surface area contributed by atoms with Crippen molar-refractivity contribution in [2.45, 2.75) is 418 Å². The number of ether oxygens (including phenoxy) is 1. The Morgan fingerprint density at radius 3 is 0.940 bits per heavy atom. The average molecular weight is 1170 g/mol. The fourth-order valence-electron chi connectivity index (χ4n) is 11.6. The predicted octanol–water partition coefficient (Wildman–Crippen LogP) is 24.4. The molecule has 0 aromatic rings. The molecule has 0 rings (SSSR count). The molecule has 0 bridgehead atoms. The Morgan fingerprint density at radius 2 is 0.602 bits per heavy atom. The van der Waals surface area contributed by atoms with Crippen LogP contribution in [0, 0.1) is 0 Å². The van der Waals surface area contributed by atoms with Gasteiger partial charge in [0.1, 0.15) is 0 Å². The van der Waals surface area contributed by atoms with Crippen LogP contribution in [0.4, 0.5) is 0 Å². The van der Waals surface area contributed by atoms with Crippen molar-refractivity contribution in [1.29, 1.82) is 0 Å². The summed E-state index contributed by atoms with van der Waals surface area (Å²) in [7, 11) is 0. The Balaban J connectivity index is 3.42. The molecule has 2 unspecified atom stereocenters. The van der Waals surface area contributed by atoms with E-state index < -0.39 is 12.1 Å². The SMILES string of the molecule is CCCCC/C=C\C/C=C\CCCCCCCCCC(=O)OCCCCCCCCCCC/C=C\C/C=C\CCCCCCCCCCCCCC(=O)NC(CO)C(O)CCCCCCCCCCCCCCCCCCCCCCCC.